The fourth-order valence-corrected chi connectivity index (χ4v) is 3.61. The summed E-state index contributed by atoms with van der Waals surface area (Å²) in [6, 6.07) is 13.6. The van der Waals surface area contributed by atoms with E-state index in [1.54, 1.807) is 12.1 Å². The molecule has 4 rings (SSSR count). The second kappa shape index (κ2) is 8.05. The Bertz CT molecular complexity index is 1070. The molecule has 1 saturated heterocycles. The number of fused-ring (bicyclic) bond motifs is 1. The van der Waals surface area contributed by atoms with Gasteiger partial charge in [-0.25, -0.2) is 4.98 Å². The van der Waals surface area contributed by atoms with Crippen molar-refractivity contribution in [2.24, 2.45) is 0 Å². The highest BCUT2D eigenvalue weighted by molar-refractivity contribution is 5.97. The average molecular weight is 393 g/mol. The Kier molecular flexibility index (Phi) is 5.31. The molecule has 0 N–H and O–H groups in total. The van der Waals surface area contributed by atoms with Crippen molar-refractivity contribution in [2.45, 2.75) is 13.3 Å². The van der Waals surface area contributed by atoms with Gasteiger partial charge in [0.2, 0.25) is 0 Å². The highest BCUT2D eigenvalue weighted by Gasteiger charge is 2.18. The van der Waals surface area contributed by atoms with Gasteiger partial charge in [0.1, 0.15) is 12.2 Å². The Balaban J connectivity index is 1.83. The summed E-state index contributed by atoms with van der Waals surface area (Å²) in [5.74, 6) is 0.189. The van der Waals surface area contributed by atoms with E-state index in [4.69, 9.17) is 9.47 Å². The van der Waals surface area contributed by atoms with Crippen molar-refractivity contribution in [3.63, 3.8) is 0 Å². The number of hydrogen-bond acceptors (Lipinski definition) is 6. The first-order chi connectivity index (χ1) is 14.1. The van der Waals surface area contributed by atoms with Crippen LogP contribution in [-0.2, 0) is 20.7 Å². The van der Waals surface area contributed by atoms with Crippen LogP contribution in [0.2, 0.25) is 0 Å². The van der Waals surface area contributed by atoms with E-state index in [0.29, 0.717) is 30.1 Å². The van der Waals surface area contributed by atoms with Crippen LogP contribution in [0.5, 0.6) is 0 Å². The number of Topliss-reactive ketones (excluding diaryl/α,β-unsaturated/α-hetero) is 1. The fraction of sp³-hybridized carbons (Fsp3) is 0.318. The molecule has 3 aromatic rings. The van der Waals surface area contributed by atoms with Crippen molar-refractivity contribution in [1.82, 2.24) is 9.55 Å². The molecule has 0 spiro atoms. The lowest BCUT2D eigenvalue weighted by atomic mass is 10.1. The zero-order valence-corrected chi connectivity index (χ0v) is 16.6. The molecule has 2 aromatic carbocycles. The summed E-state index contributed by atoms with van der Waals surface area (Å²) in [6.07, 6.45) is 0.0440. The van der Waals surface area contributed by atoms with Crippen molar-refractivity contribution in [1.29, 1.82) is 0 Å². The average Bonchev–Trinajstić information content (AvgIpc) is 3.11. The van der Waals surface area contributed by atoms with Crippen LogP contribution in [0.25, 0.3) is 16.7 Å². The second-order valence-electron chi connectivity index (χ2n) is 7.00. The van der Waals surface area contributed by atoms with Crippen LogP contribution < -0.4 is 4.90 Å². The Labute approximate surface area is 168 Å². The summed E-state index contributed by atoms with van der Waals surface area (Å²) in [4.78, 5) is 30.7. The number of ketones is 1. The molecule has 7 nitrogen and oxygen atoms in total. The van der Waals surface area contributed by atoms with Gasteiger partial charge < -0.3 is 14.4 Å². The van der Waals surface area contributed by atoms with Crippen LogP contribution in [0.3, 0.4) is 0 Å². The van der Waals surface area contributed by atoms with Crippen LogP contribution in [0, 0.1) is 0 Å². The van der Waals surface area contributed by atoms with Crippen LogP contribution >= 0.6 is 0 Å². The van der Waals surface area contributed by atoms with Gasteiger partial charge >= 0.3 is 5.97 Å². The molecular weight excluding hydrogens is 370 g/mol. The standard InChI is InChI=1S/C22H23N3O4/c1-15(26)16-6-7-20-19(12-16)23-21(14-22(27)28-2)25(20)18-5-3-4-17(13-18)24-8-10-29-11-9-24/h3-7,12-13H,8-11,14H2,1-2H3. The lowest BCUT2D eigenvalue weighted by Crippen LogP contribution is -2.36. The summed E-state index contributed by atoms with van der Waals surface area (Å²) in [5, 5.41) is 0. The maximum atomic E-state index is 12.0. The minimum absolute atomic E-state index is 0.0229. The molecule has 0 bridgehead atoms. The van der Waals surface area contributed by atoms with Gasteiger partial charge in [0, 0.05) is 30.0 Å². The van der Waals surface area contributed by atoms with E-state index < -0.39 is 0 Å². The lowest BCUT2D eigenvalue weighted by Gasteiger charge is -2.29. The van der Waals surface area contributed by atoms with Crippen molar-refractivity contribution < 1.29 is 19.1 Å². The van der Waals surface area contributed by atoms with Crippen LogP contribution in [0.4, 0.5) is 5.69 Å². The van der Waals surface area contributed by atoms with Crippen LogP contribution in [-0.4, -0.2) is 54.7 Å². The van der Waals surface area contributed by atoms with E-state index in [1.165, 1.54) is 14.0 Å². The molecule has 1 aliphatic rings. The molecule has 2 heterocycles. The molecular formula is C22H23N3O4. The quantitative estimate of drug-likeness (QED) is 0.490. The monoisotopic (exact) mass is 393 g/mol. The van der Waals surface area contributed by atoms with E-state index in [2.05, 4.69) is 22.0 Å². The van der Waals surface area contributed by atoms with Crippen LogP contribution in [0.15, 0.2) is 42.5 Å². The molecule has 7 heteroatoms. The predicted molar refractivity (Wildman–Crippen MR) is 110 cm³/mol. The van der Waals surface area contributed by atoms with E-state index in [-0.39, 0.29) is 18.2 Å². The summed E-state index contributed by atoms with van der Waals surface area (Å²) < 4.78 is 12.3. The maximum Gasteiger partial charge on any atom is 0.313 e. The number of methoxy groups -OCH3 is 1. The molecule has 1 aliphatic heterocycles. The number of esters is 1. The first-order valence-electron chi connectivity index (χ1n) is 9.59. The molecule has 150 valence electrons. The molecule has 29 heavy (non-hydrogen) atoms. The number of benzene rings is 2. The van der Waals surface area contributed by atoms with Gasteiger partial charge in [-0.05, 0) is 43.3 Å². The van der Waals surface area contributed by atoms with Gasteiger partial charge in [0.05, 0.1) is 31.4 Å². The Morgan fingerprint density at radius 2 is 1.86 bits per heavy atom. The highest BCUT2D eigenvalue weighted by Crippen LogP contribution is 2.26. The molecule has 0 aliphatic carbocycles. The van der Waals surface area contributed by atoms with Crippen molar-refractivity contribution in [3.8, 4) is 5.69 Å². The van der Waals surface area contributed by atoms with Crippen molar-refractivity contribution >= 4 is 28.5 Å². The Morgan fingerprint density at radius 3 is 2.59 bits per heavy atom. The largest absolute Gasteiger partial charge is 0.469 e. The normalized spacial score (nSPS) is 14.2. The highest BCUT2D eigenvalue weighted by atomic mass is 16.5. The first-order valence-corrected chi connectivity index (χ1v) is 9.59. The first kappa shape index (κ1) is 19.1. The third-order valence-electron chi connectivity index (χ3n) is 5.12. The maximum absolute atomic E-state index is 12.0. The molecule has 1 aromatic heterocycles. The minimum Gasteiger partial charge on any atom is -0.469 e. The van der Waals surface area contributed by atoms with Gasteiger partial charge in [-0.1, -0.05) is 6.07 Å². The van der Waals surface area contributed by atoms with Gasteiger partial charge in [-0.15, -0.1) is 0 Å². The second-order valence-corrected chi connectivity index (χ2v) is 7.00. The molecule has 0 radical (unpaired) electrons. The van der Waals surface area contributed by atoms with Crippen molar-refractivity contribution in [2.75, 3.05) is 38.3 Å². The topological polar surface area (TPSA) is 73.7 Å². The SMILES string of the molecule is COC(=O)Cc1nc2cc(C(C)=O)ccc2n1-c1cccc(N2CCOCC2)c1. The predicted octanol–water partition coefficient (Wildman–Crippen LogP) is 2.78. The van der Waals surface area contributed by atoms with E-state index in [9.17, 15) is 9.59 Å². The number of aromatic nitrogens is 2. The third kappa shape index (κ3) is 3.86. The van der Waals surface area contributed by atoms with Gasteiger partial charge in [-0.2, -0.15) is 0 Å². The molecule has 0 amide bonds. The summed E-state index contributed by atoms with van der Waals surface area (Å²) in [7, 11) is 1.36. The number of morpholine rings is 1. The van der Waals surface area contributed by atoms with E-state index in [1.807, 2.05) is 22.8 Å². The van der Waals surface area contributed by atoms with Crippen LogP contribution in [0.1, 0.15) is 23.1 Å². The van der Waals surface area contributed by atoms with Crippen molar-refractivity contribution in [3.05, 3.63) is 53.9 Å². The number of carbonyl (C=O) groups excluding carboxylic acids is 2. The number of ether oxygens (including phenoxy) is 2. The zero-order chi connectivity index (χ0) is 20.4. The van der Waals surface area contributed by atoms with E-state index >= 15 is 0 Å². The number of imidazole rings is 1. The minimum atomic E-state index is -0.363. The molecule has 0 unspecified atom stereocenters. The Morgan fingerprint density at radius 1 is 1.10 bits per heavy atom. The number of carbonyl (C=O) groups is 2. The van der Waals surface area contributed by atoms with E-state index in [0.717, 1.165) is 30.0 Å². The molecule has 0 atom stereocenters. The summed E-state index contributed by atoms with van der Waals surface area (Å²) in [5.41, 5.74) is 4.11. The number of nitrogens with zero attached hydrogens (tertiary/aromatic N) is 3. The number of rotatable bonds is 5. The third-order valence-corrected chi connectivity index (χ3v) is 5.12. The Hall–Kier alpha value is -3.19. The van der Waals surface area contributed by atoms with Gasteiger partial charge in [0.15, 0.2) is 5.78 Å². The van der Waals surface area contributed by atoms with Gasteiger partial charge in [-0.3, -0.25) is 14.2 Å². The lowest BCUT2D eigenvalue weighted by molar-refractivity contribution is -0.139. The smallest absolute Gasteiger partial charge is 0.313 e. The fourth-order valence-electron chi connectivity index (χ4n) is 3.61. The number of hydrogen-bond donors (Lipinski definition) is 0. The van der Waals surface area contributed by atoms with Gasteiger partial charge in [0.25, 0.3) is 0 Å². The summed E-state index contributed by atoms with van der Waals surface area (Å²) in [6.45, 7) is 4.62. The molecule has 0 saturated carbocycles. The zero-order valence-electron chi connectivity index (χ0n) is 16.6. The molecule has 1 fully saturated rings. The number of anilines is 1. The summed E-state index contributed by atoms with van der Waals surface area (Å²) >= 11 is 0.